The summed E-state index contributed by atoms with van der Waals surface area (Å²) in [5.74, 6) is 1.85. The van der Waals surface area contributed by atoms with Crippen LogP contribution in [0.1, 0.15) is 51.7 Å². The van der Waals surface area contributed by atoms with Crippen LogP contribution in [0.4, 0.5) is 0 Å². The Labute approximate surface area is 201 Å². The number of H-pyrrole nitrogens is 1. The van der Waals surface area contributed by atoms with Gasteiger partial charge in [0.2, 0.25) is 0 Å². The van der Waals surface area contributed by atoms with Crippen molar-refractivity contribution in [2.45, 2.75) is 44.6 Å². The van der Waals surface area contributed by atoms with Crippen molar-refractivity contribution in [3.05, 3.63) is 70.9 Å². The summed E-state index contributed by atoms with van der Waals surface area (Å²) in [5.41, 5.74) is 3.18. The maximum Gasteiger partial charge on any atom is 0.192 e. The molecule has 0 fully saturated rings. The molecule has 0 saturated carbocycles. The van der Waals surface area contributed by atoms with E-state index in [0.717, 1.165) is 11.3 Å². The molecular formula is C25H26N4O4S. The van der Waals surface area contributed by atoms with E-state index in [1.807, 2.05) is 47.9 Å². The molecule has 0 aliphatic heterocycles. The van der Waals surface area contributed by atoms with Crippen molar-refractivity contribution >= 4 is 23.3 Å². The van der Waals surface area contributed by atoms with Gasteiger partial charge < -0.3 is 14.1 Å². The van der Waals surface area contributed by atoms with Gasteiger partial charge in [0.1, 0.15) is 11.5 Å². The van der Waals surface area contributed by atoms with Gasteiger partial charge in [-0.3, -0.25) is 14.2 Å². The molecule has 34 heavy (non-hydrogen) atoms. The average Bonchev–Trinajstić information content (AvgIpc) is 3.53. The highest BCUT2D eigenvalue weighted by molar-refractivity contribution is 8.00. The molecule has 4 aromatic rings. The van der Waals surface area contributed by atoms with Gasteiger partial charge in [-0.2, -0.15) is 0 Å². The summed E-state index contributed by atoms with van der Waals surface area (Å²) in [7, 11) is 1.61. The van der Waals surface area contributed by atoms with Gasteiger partial charge in [-0.25, -0.2) is 0 Å². The third kappa shape index (κ3) is 4.43. The van der Waals surface area contributed by atoms with E-state index in [1.165, 1.54) is 18.7 Å². The SMILES string of the molecule is COc1ccccc1-c1nnc(SC(C)C(=O)c2[nH]c(C)c(C(C)=O)c2C)n1Cc1ccco1. The number of ketones is 2. The maximum atomic E-state index is 13.3. The van der Waals surface area contributed by atoms with Crippen molar-refractivity contribution in [2.24, 2.45) is 0 Å². The van der Waals surface area contributed by atoms with Crippen LogP contribution >= 0.6 is 11.8 Å². The first kappa shape index (κ1) is 23.6. The van der Waals surface area contributed by atoms with Crippen LogP contribution in [0, 0.1) is 13.8 Å². The quantitative estimate of drug-likeness (QED) is 0.263. The third-order valence-electron chi connectivity index (χ3n) is 5.65. The second kappa shape index (κ2) is 9.72. The van der Waals surface area contributed by atoms with Gasteiger partial charge in [-0.05, 0) is 57.5 Å². The molecule has 9 heteroatoms. The number of carbonyl (C=O) groups is 2. The van der Waals surface area contributed by atoms with Gasteiger partial charge in [0.25, 0.3) is 0 Å². The molecule has 0 radical (unpaired) electrons. The smallest absolute Gasteiger partial charge is 0.192 e. The number of hydrogen-bond acceptors (Lipinski definition) is 7. The molecule has 0 spiro atoms. The fourth-order valence-electron chi connectivity index (χ4n) is 4.04. The lowest BCUT2D eigenvalue weighted by atomic mass is 10.0. The first-order valence-corrected chi connectivity index (χ1v) is 11.7. The van der Waals surface area contributed by atoms with E-state index in [9.17, 15) is 9.59 Å². The van der Waals surface area contributed by atoms with E-state index < -0.39 is 5.25 Å². The molecule has 1 atom stereocenters. The van der Waals surface area contributed by atoms with Crippen LogP contribution in [0.3, 0.4) is 0 Å². The Hall–Kier alpha value is -3.59. The summed E-state index contributed by atoms with van der Waals surface area (Å²) in [6.07, 6.45) is 1.62. The molecule has 0 bridgehead atoms. The standard InChI is InChI=1S/C25H26N4O4S/c1-14-21(16(3)30)15(2)26-22(14)23(31)17(4)34-25-28-27-24(19-10-6-7-11-20(19)32-5)29(25)13-18-9-8-12-33-18/h6-12,17,26H,13H2,1-5H3. The Kier molecular flexibility index (Phi) is 6.74. The van der Waals surface area contributed by atoms with E-state index in [1.54, 1.807) is 27.2 Å². The number of hydrogen-bond donors (Lipinski definition) is 1. The second-order valence-corrected chi connectivity index (χ2v) is 9.29. The van der Waals surface area contributed by atoms with Crippen molar-refractivity contribution in [2.75, 3.05) is 7.11 Å². The molecule has 1 aromatic carbocycles. The molecule has 176 valence electrons. The highest BCUT2D eigenvalue weighted by Gasteiger charge is 2.27. The normalized spacial score (nSPS) is 12.0. The molecule has 4 rings (SSSR count). The monoisotopic (exact) mass is 478 g/mol. The van der Waals surface area contributed by atoms with E-state index in [0.29, 0.717) is 45.8 Å². The number of nitrogens with one attached hydrogen (secondary N) is 1. The molecule has 1 unspecified atom stereocenters. The van der Waals surface area contributed by atoms with Crippen LogP contribution in [-0.2, 0) is 6.54 Å². The molecule has 8 nitrogen and oxygen atoms in total. The summed E-state index contributed by atoms with van der Waals surface area (Å²) in [6, 6.07) is 11.3. The van der Waals surface area contributed by atoms with Crippen LogP contribution in [0.5, 0.6) is 5.75 Å². The first-order chi connectivity index (χ1) is 16.3. The minimum atomic E-state index is -0.471. The number of carbonyl (C=O) groups excluding carboxylic acids is 2. The van der Waals surface area contributed by atoms with Crippen LogP contribution in [0.15, 0.2) is 52.2 Å². The Bertz CT molecular complexity index is 1340. The van der Waals surface area contributed by atoms with Crippen molar-refractivity contribution in [1.29, 1.82) is 0 Å². The number of rotatable bonds is 9. The van der Waals surface area contributed by atoms with E-state index in [2.05, 4.69) is 15.2 Å². The Morgan fingerprint density at radius 1 is 1.18 bits per heavy atom. The number of aromatic amines is 1. The van der Waals surface area contributed by atoms with E-state index >= 15 is 0 Å². The molecule has 0 aliphatic rings. The number of thioether (sulfide) groups is 1. The molecular weight excluding hydrogens is 452 g/mol. The highest BCUT2D eigenvalue weighted by atomic mass is 32.2. The number of aryl methyl sites for hydroxylation is 1. The number of methoxy groups -OCH3 is 1. The molecule has 1 N–H and O–H groups in total. The van der Waals surface area contributed by atoms with Gasteiger partial charge in [0.15, 0.2) is 22.5 Å². The van der Waals surface area contributed by atoms with Crippen molar-refractivity contribution < 1.29 is 18.7 Å². The Morgan fingerprint density at radius 2 is 1.94 bits per heavy atom. The predicted molar refractivity (Wildman–Crippen MR) is 130 cm³/mol. The number of aromatic nitrogens is 4. The second-order valence-electron chi connectivity index (χ2n) is 7.98. The number of furan rings is 1. The summed E-state index contributed by atoms with van der Waals surface area (Å²) in [4.78, 5) is 28.4. The summed E-state index contributed by atoms with van der Waals surface area (Å²) in [5, 5.41) is 8.93. The lowest BCUT2D eigenvalue weighted by molar-refractivity contribution is 0.0988. The van der Waals surface area contributed by atoms with E-state index in [4.69, 9.17) is 9.15 Å². The predicted octanol–water partition coefficient (Wildman–Crippen LogP) is 5.11. The van der Waals surface area contributed by atoms with Crippen molar-refractivity contribution in [3.63, 3.8) is 0 Å². The fraction of sp³-hybridized carbons (Fsp3) is 0.280. The number of benzene rings is 1. The zero-order chi connectivity index (χ0) is 24.4. The fourth-order valence-corrected chi connectivity index (χ4v) is 4.95. The number of ether oxygens (including phenoxy) is 1. The Balaban J connectivity index is 1.69. The van der Waals surface area contributed by atoms with Gasteiger partial charge in [0, 0.05) is 11.3 Å². The van der Waals surface area contributed by atoms with Crippen LogP contribution in [-0.4, -0.2) is 43.7 Å². The highest BCUT2D eigenvalue weighted by Crippen LogP contribution is 2.33. The van der Waals surface area contributed by atoms with Crippen LogP contribution in [0.25, 0.3) is 11.4 Å². The summed E-state index contributed by atoms with van der Waals surface area (Å²) < 4.78 is 13.0. The third-order valence-corrected chi connectivity index (χ3v) is 6.73. The summed E-state index contributed by atoms with van der Waals surface area (Å²) in [6.45, 7) is 7.32. The van der Waals surface area contributed by atoms with Crippen LogP contribution < -0.4 is 4.74 Å². The Morgan fingerprint density at radius 3 is 2.59 bits per heavy atom. The zero-order valence-corrected chi connectivity index (χ0v) is 20.5. The minimum absolute atomic E-state index is 0.0646. The molecule has 0 aliphatic carbocycles. The molecule has 0 saturated heterocycles. The average molecular weight is 479 g/mol. The van der Waals surface area contributed by atoms with Crippen molar-refractivity contribution in [3.8, 4) is 17.1 Å². The first-order valence-electron chi connectivity index (χ1n) is 10.8. The maximum absolute atomic E-state index is 13.3. The summed E-state index contributed by atoms with van der Waals surface area (Å²) >= 11 is 1.31. The number of para-hydroxylation sites is 1. The molecule has 0 amide bonds. The number of nitrogens with zero attached hydrogens (tertiary/aromatic N) is 3. The van der Waals surface area contributed by atoms with Crippen LogP contribution in [0.2, 0.25) is 0 Å². The lowest BCUT2D eigenvalue weighted by Gasteiger charge is -2.13. The van der Waals surface area contributed by atoms with Gasteiger partial charge >= 0.3 is 0 Å². The van der Waals surface area contributed by atoms with E-state index in [-0.39, 0.29) is 11.6 Å². The molecule has 3 heterocycles. The topological polar surface area (TPSA) is 103 Å². The number of Topliss-reactive ketones (excluding diaryl/α,β-unsaturated/α-hetero) is 2. The van der Waals surface area contributed by atoms with Gasteiger partial charge in [-0.15, -0.1) is 10.2 Å². The minimum Gasteiger partial charge on any atom is -0.496 e. The van der Waals surface area contributed by atoms with Gasteiger partial charge in [0.05, 0.1) is 36.4 Å². The molecule has 3 aromatic heterocycles. The van der Waals surface area contributed by atoms with Crippen molar-refractivity contribution in [1.82, 2.24) is 19.7 Å². The lowest BCUT2D eigenvalue weighted by Crippen LogP contribution is -2.16. The van der Waals surface area contributed by atoms with Gasteiger partial charge in [-0.1, -0.05) is 23.9 Å². The largest absolute Gasteiger partial charge is 0.496 e. The zero-order valence-electron chi connectivity index (χ0n) is 19.7.